The summed E-state index contributed by atoms with van der Waals surface area (Å²) in [5.74, 6) is -0.331. The van der Waals surface area contributed by atoms with Crippen LogP contribution in [0.3, 0.4) is 0 Å². The van der Waals surface area contributed by atoms with Crippen molar-refractivity contribution >= 4 is 29.2 Å². The molecular formula is C22H19N3O. The standard InChI is InChI=1S/C22H19N3O/c1-24-21-15-9-8-14-19(21)20(22(24)26)16-23-25(17-10-4-2-5-11-17)18-12-6-3-7-13-18/h2-16,20H,1H3. The third kappa shape index (κ3) is 2.86. The van der Waals surface area contributed by atoms with Gasteiger partial charge in [-0.2, -0.15) is 5.10 Å². The fourth-order valence-electron chi connectivity index (χ4n) is 3.21. The minimum atomic E-state index is -0.369. The molecule has 1 aliphatic rings. The Morgan fingerprint density at radius 2 is 1.38 bits per heavy atom. The summed E-state index contributed by atoms with van der Waals surface area (Å²) < 4.78 is 0. The molecule has 0 bridgehead atoms. The van der Waals surface area contributed by atoms with Crippen molar-refractivity contribution in [2.75, 3.05) is 17.0 Å². The second-order valence-electron chi connectivity index (χ2n) is 6.18. The van der Waals surface area contributed by atoms with Crippen LogP contribution in [0.4, 0.5) is 17.1 Å². The summed E-state index contributed by atoms with van der Waals surface area (Å²) in [6, 6.07) is 27.7. The smallest absolute Gasteiger partial charge is 0.239 e. The molecule has 0 fully saturated rings. The van der Waals surface area contributed by atoms with Crippen LogP contribution in [0.1, 0.15) is 11.5 Å². The van der Waals surface area contributed by atoms with E-state index >= 15 is 0 Å². The van der Waals surface area contributed by atoms with Gasteiger partial charge in [-0.1, -0.05) is 54.6 Å². The van der Waals surface area contributed by atoms with Crippen molar-refractivity contribution < 1.29 is 4.79 Å². The number of para-hydroxylation sites is 3. The number of likely N-dealkylation sites (N-methyl/N-ethyl adjacent to an activating group) is 1. The van der Waals surface area contributed by atoms with Gasteiger partial charge in [0.1, 0.15) is 5.92 Å². The van der Waals surface area contributed by atoms with Gasteiger partial charge in [0, 0.05) is 18.9 Å². The molecule has 0 saturated heterocycles. The van der Waals surface area contributed by atoms with E-state index in [2.05, 4.69) is 0 Å². The highest BCUT2D eigenvalue weighted by molar-refractivity contribution is 6.13. The Morgan fingerprint density at radius 3 is 2.00 bits per heavy atom. The Bertz CT molecular complexity index is 898. The Labute approximate surface area is 153 Å². The SMILES string of the molecule is CN1C(=O)C(C=NN(c2ccccc2)c2ccccc2)c2ccccc21. The molecule has 0 spiro atoms. The van der Waals surface area contributed by atoms with Gasteiger partial charge in [0.15, 0.2) is 0 Å². The van der Waals surface area contributed by atoms with Crippen LogP contribution in [0.2, 0.25) is 0 Å². The lowest BCUT2D eigenvalue weighted by Gasteiger charge is -2.19. The van der Waals surface area contributed by atoms with Crippen molar-refractivity contribution in [1.29, 1.82) is 0 Å². The van der Waals surface area contributed by atoms with E-state index in [1.807, 2.05) is 89.9 Å². The fourth-order valence-corrected chi connectivity index (χ4v) is 3.21. The predicted molar refractivity (Wildman–Crippen MR) is 106 cm³/mol. The van der Waals surface area contributed by atoms with E-state index in [9.17, 15) is 4.79 Å². The number of hydrazone groups is 1. The quantitative estimate of drug-likeness (QED) is 0.515. The van der Waals surface area contributed by atoms with Crippen molar-refractivity contribution in [2.24, 2.45) is 5.10 Å². The van der Waals surface area contributed by atoms with Gasteiger partial charge in [-0.3, -0.25) is 4.79 Å². The molecule has 128 valence electrons. The lowest BCUT2D eigenvalue weighted by atomic mass is 10.0. The average Bonchev–Trinajstić information content (AvgIpc) is 2.95. The molecule has 1 amide bonds. The first kappa shape index (κ1) is 16.1. The second kappa shape index (κ2) is 6.84. The van der Waals surface area contributed by atoms with Crippen molar-refractivity contribution in [2.45, 2.75) is 5.92 Å². The molecule has 3 aromatic rings. The highest BCUT2D eigenvalue weighted by Crippen LogP contribution is 2.35. The maximum Gasteiger partial charge on any atom is 0.239 e. The molecule has 0 N–H and O–H groups in total. The van der Waals surface area contributed by atoms with Crippen LogP contribution in [0.5, 0.6) is 0 Å². The molecule has 0 aromatic heterocycles. The highest BCUT2D eigenvalue weighted by Gasteiger charge is 2.33. The number of amides is 1. The maximum absolute atomic E-state index is 12.7. The Balaban J connectivity index is 1.72. The second-order valence-corrected chi connectivity index (χ2v) is 6.18. The van der Waals surface area contributed by atoms with Crippen LogP contribution in [-0.4, -0.2) is 19.2 Å². The topological polar surface area (TPSA) is 35.9 Å². The van der Waals surface area contributed by atoms with Crippen LogP contribution in [0.25, 0.3) is 0 Å². The fraction of sp³-hybridized carbons (Fsp3) is 0.0909. The molecule has 1 heterocycles. The highest BCUT2D eigenvalue weighted by atomic mass is 16.2. The maximum atomic E-state index is 12.7. The lowest BCUT2D eigenvalue weighted by Crippen LogP contribution is -2.25. The largest absolute Gasteiger partial charge is 0.314 e. The van der Waals surface area contributed by atoms with Crippen molar-refractivity contribution in [3.05, 3.63) is 90.5 Å². The van der Waals surface area contributed by atoms with Gasteiger partial charge in [-0.05, 0) is 35.9 Å². The molecule has 3 aromatic carbocycles. The number of carbonyl (C=O) groups is 1. The summed E-state index contributed by atoms with van der Waals surface area (Å²) in [6.07, 6.45) is 1.74. The zero-order chi connectivity index (χ0) is 17.9. The number of hydrogen-bond donors (Lipinski definition) is 0. The Morgan fingerprint density at radius 1 is 0.846 bits per heavy atom. The first-order chi connectivity index (χ1) is 12.8. The van der Waals surface area contributed by atoms with Gasteiger partial charge in [0.05, 0.1) is 11.4 Å². The number of hydrogen-bond acceptors (Lipinski definition) is 3. The molecule has 0 saturated carbocycles. The van der Waals surface area contributed by atoms with E-state index in [4.69, 9.17) is 5.10 Å². The predicted octanol–water partition coefficient (Wildman–Crippen LogP) is 4.57. The normalized spacial score (nSPS) is 16.1. The molecule has 1 atom stereocenters. The zero-order valence-electron chi connectivity index (χ0n) is 14.5. The molecule has 1 unspecified atom stereocenters. The molecular weight excluding hydrogens is 322 g/mol. The number of carbonyl (C=O) groups excluding carboxylic acids is 1. The number of nitrogens with zero attached hydrogens (tertiary/aromatic N) is 3. The lowest BCUT2D eigenvalue weighted by molar-refractivity contribution is -0.117. The van der Waals surface area contributed by atoms with Crippen molar-refractivity contribution in [1.82, 2.24) is 0 Å². The van der Waals surface area contributed by atoms with E-state index in [1.54, 1.807) is 18.2 Å². The van der Waals surface area contributed by atoms with Gasteiger partial charge in [-0.15, -0.1) is 0 Å². The average molecular weight is 341 g/mol. The number of fused-ring (bicyclic) bond motifs is 1. The summed E-state index contributed by atoms with van der Waals surface area (Å²) >= 11 is 0. The van der Waals surface area contributed by atoms with Crippen LogP contribution in [0.15, 0.2) is 90.0 Å². The summed E-state index contributed by atoms with van der Waals surface area (Å²) in [4.78, 5) is 14.4. The molecule has 0 radical (unpaired) electrons. The van der Waals surface area contributed by atoms with E-state index in [0.717, 1.165) is 22.6 Å². The first-order valence-corrected chi connectivity index (χ1v) is 8.56. The van der Waals surface area contributed by atoms with Gasteiger partial charge in [0.25, 0.3) is 0 Å². The number of rotatable bonds is 4. The van der Waals surface area contributed by atoms with Crippen molar-refractivity contribution in [3.63, 3.8) is 0 Å². The van der Waals surface area contributed by atoms with Crippen LogP contribution in [-0.2, 0) is 4.79 Å². The number of anilines is 3. The van der Waals surface area contributed by atoms with E-state index in [-0.39, 0.29) is 11.8 Å². The third-order valence-corrected chi connectivity index (χ3v) is 4.56. The van der Waals surface area contributed by atoms with E-state index in [0.29, 0.717) is 0 Å². The zero-order valence-corrected chi connectivity index (χ0v) is 14.5. The van der Waals surface area contributed by atoms with Gasteiger partial charge < -0.3 is 4.90 Å². The molecule has 26 heavy (non-hydrogen) atoms. The monoisotopic (exact) mass is 341 g/mol. The van der Waals surface area contributed by atoms with Crippen LogP contribution in [0, 0.1) is 0 Å². The van der Waals surface area contributed by atoms with Crippen LogP contribution < -0.4 is 9.91 Å². The molecule has 4 heteroatoms. The van der Waals surface area contributed by atoms with E-state index in [1.165, 1.54) is 0 Å². The molecule has 4 nitrogen and oxygen atoms in total. The first-order valence-electron chi connectivity index (χ1n) is 8.56. The summed E-state index contributed by atoms with van der Waals surface area (Å²) in [6.45, 7) is 0. The minimum Gasteiger partial charge on any atom is -0.314 e. The van der Waals surface area contributed by atoms with Gasteiger partial charge in [0.2, 0.25) is 5.91 Å². The molecule has 0 aliphatic carbocycles. The summed E-state index contributed by atoms with van der Waals surface area (Å²) in [7, 11) is 1.81. The minimum absolute atomic E-state index is 0.0380. The Hall–Kier alpha value is -3.40. The molecule has 1 aliphatic heterocycles. The number of benzene rings is 3. The Kier molecular flexibility index (Phi) is 4.23. The van der Waals surface area contributed by atoms with Crippen molar-refractivity contribution in [3.8, 4) is 0 Å². The third-order valence-electron chi connectivity index (χ3n) is 4.56. The molecule has 4 rings (SSSR count). The summed E-state index contributed by atoms with van der Waals surface area (Å²) in [5, 5.41) is 6.55. The van der Waals surface area contributed by atoms with E-state index < -0.39 is 0 Å². The van der Waals surface area contributed by atoms with Gasteiger partial charge in [-0.25, -0.2) is 5.01 Å². The van der Waals surface area contributed by atoms with Gasteiger partial charge >= 0.3 is 0 Å². The van der Waals surface area contributed by atoms with Crippen LogP contribution >= 0.6 is 0 Å². The summed E-state index contributed by atoms with van der Waals surface area (Å²) in [5.41, 5.74) is 3.83.